The summed E-state index contributed by atoms with van der Waals surface area (Å²) < 4.78 is 18.8. The highest BCUT2D eigenvalue weighted by Crippen LogP contribution is 2.28. The van der Waals surface area contributed by atoms with Gasteiger partial charge in [0, 0.05) is 0 Å². The quantitative estimate of drug-likeness (QED) is 0.886. The smallest absolute Gasteiger partial charge is 0.330 e. The zero-order valence-corrected chi connectivity index (χ0v) is 11.8. The van der Waals surface area contributed by atoms with Gasteiger partial charge in [0.1, 0.15) is 11.6 Å². The molecule has 0 heterocycles. The number of carbonyl (C=O) groups is 1. The number of aryl methyl sites for hydroxylation is 1. The number of halogens is 1. The molecule has 0 saturated heterocycles. The van der Waals surface area contributed by atoms with Gasteiger partial charge in [-0.05, 0) is 36.2 Å². The van der Waals surface area contributed by atoms with Crippen LogP contribution in [0.5, 0.6) is 5.75 Å². The van der Waals surface area contributed by atoms with Crippen molar-refractivity contribution in [1.82, 2.24) is 0 Å². The van der Waals surface area contributed by atoms with Gasteiger partial charge in [0.05, 0.1) is 12.8 Å². The van der Waals surface area contributed by atoms with Crippen LogP contribution in [0, 0.1) is 12.7 Å². The Labute approximate surface area is 122 Å². The molecular weight excluding hydrogens is 273 g/mol. The first-order valence-corrected chi connectivity index (χ1v) is 6.41. The molecule has 2 N–H and O–H groups in total. The molecule has 0 amide bonds. The fraction of sp³-hybridized carbons (Fsp3) is 0.188. The second-order valence-corrected chi connectivity index (χ2v) is 4.62. The molecule has 0 aliphatic rings. The van der Waals surface area contributed by atoms with Crippen LogP contribution >= 0.6 is 0 Å². The maximum Gasteiger partial charge on any atom is 0.330 e. The summed E-state index contributed by atoms with van der Waals surface area (Å²) in [4.78, 5) is 11.5. The molecule has 4 nitrogen and oxygen atoms in total. The van der Waals surface area contributed by atoms with E-state index >= 15 is 0 Å². The Hall–Kier alpha value is -2.56. The van der Waals surface area contributed by atoms with Crippen molar-refractivity contribution in [2.75, 3.05) is 12.4 Å². The van der Waals surface area contributed by atoms with Crippen molar-refractivity contribution in [1.29, 1.82) is 0 Å². The number of carboxylic acid groups (broad SMARTS) is 1. The standard InChI is InChI=1S/C16H16FNO3/c1-10-7-8-11(9-12(10)17)15(16(19)20)18-13-5-3-4-6-14(13)21-2/h3-9,15,18H,1-2H3,(H,19,20). The summed E-state index contributed by atoms with van der Waals surface area (Å²) in [6.45, 7) is 1.63. The summed E-state index contributed by atoms with van der Waals surface area (Å²) in [6.07, 6.45) is 0. The summed E-state index contributed by atoms with van der Waals surface area (Å²) >= 11 is 0. The Morgan fingerprint density at radius 3 is 2.62 bits per heavy atom. The van der Waals surface area contributed by atoms with Crippen LogP contribution in [0.3, 0.4) is 0 Å². The van der Waals surface area contributed by atoms with Gasteiger partial charge in [-0.15, -0.1) is 0 Å². The van der Waals surface area contributed by atoms with Crippen LogP contribution in [0.2, 0.25) is 0 Å². The Morgan fingerprint density at radius 1 is 1.29 bits per heavy atom. The Balaban J connectivity index is 2.35. The SMILES string of the molecule is COc1ccccc1NC(C(=O)O)c1ccc(C)c(F)c1. The van der Waals surface area contributed by atoms with Crippen LogP contribution in [0.4, 0.5) is 10.1 Å². The third kappa shape index (κ3) is 3.31. The molecular formula is C16H16FNO3. The zero-order chi connectivity index (χ0) is 15.4. The van der Waals surface area contributed by atoms with Gasteiger partial charge in [-0.2, -0.15) is 0 Å². The van der Waals surface area contributed by atoms with E-state index in [4.69, 9.17) is 4.74 Å². The molecule has 0 spiro atoms. The normalized spacial score (nSPS) is 11.8. The average Bonchev–Trinajstić information content (AvgIpc) is 2.48. The van der Waals surface area contributed by atoms with Crippen LogP contribution in [-0.2, 0) is 4.79 Å². The second kappa shape index (κ2) is 6.26. The molecule has 5 heteroatoms. The first-order valence-electron chi connectivity index (χ1n) is 6.41. The van der Waals surface area contributed by atoms with Crippen LogP contribution in [0.1, 0.15) is 17.2 Å². The summed E-state index contributed by atoms with van der Waals surface area (Å²) in [5.74, 6) is -0.999. The van der Waals surface area contributed by atoms with Crippen molar-refractivity contribution < 1.29 is 19.0 Å². The van der Waals surface area contributed by atoms with Crippen molar-refractivity contribution in [2.45, 2.75) is 13.0 Å². The fourth-order valence-electron chi connectivity index (χ4n) is 2.00. The molecule has 0 aliphatic heterocycles. The molecule has 110 valence electrons. The number of hydrogen-bond acceptors (Lipinski definition) is 3. The van der Waals surface area contributed by atoms with E-state index in [-0.39, 0.29) is 0 Å². The van der Waals surface area contributed by atoms with E-state index in [0.29, 0.717) is 22.6 Å². The van der Waals surface area contributed by atoms with Crippen molar-refractivity contribution in [2.24, 2.45) is 0 Å². The van der Waals surface area contributed by atoms with Crippen LogP contribution in [-0.4, -0.2) is 18.2 Å². The average molecular weight is 289 g/mol. The monoisotopic (exact) mass is 289 g/mol. The van der Waals surface area contributed by atoms with Gasteiger partial charge in [-0.3, -0.25) is 0 Å². The van der Waals surface area contributed by atoms with Crippen LogP contribution in [0.25, 0.3) is 0 Å². The number of nitrogens with one attached hydrogen (secondary N) is 1. The third-order valence-electron chi connectivity index (χ3n) is 3.18. The van der Waals surface area contributed by atoms with E-state index in [0.717, 1.165) is 0 Å². The minimum atomic E-state index is -1.09. The predicted octanol–water partition coefficient (Wildman–Crippen LogP) is 3.38. The van der Waals surface area contributed by atoms with Crippen molar-refractivity contribution in [3.05, 3.63) is 59.4 Å². The fourth-order valence-corrected chi connectivity index (χ4v) is 2.00. The highest BCUT2D eigenvalue weighted by molar-refractivity contribution is 5.80. The molecule has 0 fully saturated rings. The van der Waals surface area contributed by atoms with E-state index in [1.54, 1.807) is 43.3 Å². The molecule has 0 aliphatic carbocycles. The largest absolute Gasteiger partial charge is 0.495 e. The number of aliphatic carboxylic acids is 1. The van der Waals surface area contributed by atoms with Gasteiger partial charge in [0.15, 0.2) is 6.04 Å². The third-order valence-corrected chi connectivity index (χ3v) is 3.18. The van der Waals surface area contributed by atoms with Gasteiger partial charge >= 0.3 is 5.97 Å². The van der Waals surface area contributed by atoms with Crippen LogP contribution < -0.4 is 10.1 Å². The highest BCUT2D eigenvalue weighted by atomic mass is 19.1. The zero-order valence-electron chi connectivity index (χ0n) is 11.8. The Kier molecular flexibility index (Phi) is 4.42. The van der Waals surface area contributed by atoms with Gasteiger partial charge in [-0.25, -0.2) is 9.18 Å². The number of benzene rings is 2. The van der Waals surface area contributed by atoms with Gasteiger partial charge in [0.25, 0.3) is 0 Å². The lowest BCUT2D eigenvalue weighted by molar-refractivity contribution is -0.138. The first kappa shape index (κ1) is 14.8. The lowest BCUT2D eigenvalue weighted by atomic mass is 10.0. The van der Waals surface area contributed by atoms with Gasteiger partial charge in [-0.1, -0.05) is 24.3 Å². The molecule has 1 unspecified atom stereocenters. The van der Waals surface area contributed by atoms with Gasteiger partial charge < -0.3 is 15.2 Å². The lowest BCUT2D eigenvalue weighted by Gasteiger charge is -2.18. The molecule has 0 bridgehead atoms. The summed E-state index contributed by atoms with van der Waals surface area (Å²) in [5.41, 5.74) is 1.35. The predicted molar refractivity (Wildman–Crippen MR) is 78.1 cm³/mol. The Bertz CT molecular complexity index is 658. The number of carboxylic acids is 1. The van der Waals surface area contributed by atoms with E-state index < -0.39 is 17.8 Å². The number of rotatable bonds is 5. The highest BCUT2D eigenvalue weighted by Gasteiger charge is 2.21. The van der Waals surface area contributed by atoms with Crippen LogP contribution in [0.15, 0.2) is 42.5 Å². The maximum atomic E-state index is 13.6. The maximum absolute atomic E-state index is 13.6. The number of ether oxygens (including phenoxy) is 1. The van der Waals surface area contributed by atoms with Crippen molar-refractivity contribution in [3.8, 4) is 5.75 Å². The molecule has 0 radical (unpaired) electrons. The minimum absolute atomic E-state index is 0.344. The van der Waals surface area contributed by atoms with E-state index in [2.05, 4.69) is 5.32 Å². The molecule has 21 heavy (non-hydrogen) atoms. The first-order chi connectivity index (χ1) is 10.0. The number of para-hydroxylation sites is 2. The van der Waals surface area contributed by atoms with E-state index in [1.807, 2.05) is 0 Å². The van der Waals surface area contributed by atoms with E-state index in [9.17, 15) is 14.3 Å². The molecule has 2 aromatic rings. The second-order valence-electron chi connectivity index (χ2n) is 4.62. The molecule has 0 aromatic heterocycles. The minimum Gasteiger partial charge on any atom is -0.495 e. The Morgan fingerprint density at radius 2 is 2.00 bits per heavy atom. The summed E-state index contributed by atoms with van der Waals surface area (Å²) in [7, 11) is 1.50. The lowest BCUT2D eigenvalue weighted by Crippen LogP contribution is -2.21. The number of hydrogen-bond donors (Lipinski definition) is 2. The summed E-state index contributed by atoms with van der Waals surface area (Å²) in [5, 5.41) is 12.3. The molecule has 0 saturated carbocycles. The molecule has 1 atom stereocenters. The van der Waals surface area contributed by atoms with E-state index in [1.165, 1.54) is 13.2 Å². The van der Waals surface area contributed by atoms with Crippen molar-refractivity contribution in [3.63, 3.8) is 0 Å². The number of methoxy groups -OCH3 is 1. The van der Waals surface area contributed by atoms with Gasteiger partial charge in [0.2, 0.25) is 0 Å². The number of anilines is 1. The molecule has 2 rings (SSSR count). The molecule has 2 aromatic carbocycles. The van der Waals surface area contributed by atoms with Crippen molar-refractivity contribution >= 4 is 11.7 Å². The summed E-state index contributed by atoms with van der Waals surface area (Å²) in [6, 6.07) is 10.3. The topological polar surface area (TPSA) is 58.6 Å².